The summed E-state index contributed by atoms with van der Waals surface area (Å²) in [5.41, 5.74) is 5.91. The molecule has 9 nitrogen and oxygen atoms in total. The van der Waals surface area contributed by atoms with Crippen molar-refractivity contribution in [2.24, 2.45) is 5.92 Å². The predicted octanol–water partition coefficient (Wildman–Crippen LogP) is 5.88. The fourth-order valence-corrected chi connectivity index (χ4v) is 5.06. The van der Waals surface area contributed by atoms with Gasteiger partial charge in [-0.05, 0) is 49.2 Å². The molecule has 244 valence electrons. The van der Waals surface area contributed by atoms with Gasteiger partial charge in [0.2, 0.25) is 5.95 Å². The standard InChI is InChI=1S/C25H24F6N6O.C2HF3O2/c26-24(27,28)15-3-5-16(6-4-15)34-21-17-7-10-37(22-18(25(29,30)31)2-1-9-33-22)20(14-8-11-38-13-14)12-19(17)35-23(32)36-21;3-2(4,5)1(6)7/h1-6,9,14,20H,7-8,10-13H2,(H3,32,34,35,36);(H,6,7). The fourth-order valence-electron chi connectivity index (χ4n) is 5.06. The first-order valence-electron chi connectivity index (χ1n) is 13.2. The van der Waals surface area contributed by atoms with E-state index in [1.54, 1.807) is 4.90 Å². The van der Waals surface area contributed by atoms with Crippen molar-refractivity contribution in [3.8, 4) is 0 Å². The number of benzene rings is 1. The number of hydrogen-bond donors (Lipinski definition) is 3. The van der Waals surface area contributed by atoms with Crippen LogP contribution < -0.4 is 16.0 Å². The van der Waals surface area contributed by atoms with Crippen molar-refractivity contribution in [2.45, 2.75) is 43.8 Å². The monoisotopic (exact) mass is 652 g/mol. The lowest BCUT2D eigenvalue weighted by Crippen LogP contribution is -2.44. The summed E-state index contributed by atoms with van der Waals surface area (Å²) in [6.45, 7) is 1.08. The highest BCUT2D eigenvalue weighted by Gasteiger charge is 2.41. The van der Waals surface area contributed by atoms with Crippen LogP contribution in [0.4, 0.5) is 62.8 Å². The van der Waals surface area contributed by atoms with Crippen LogP contribution in [0.15, 0.2) is 42.6 Å². The lowest BCUT2D eigenvalue weighted by molar-refractivity contribution is -0.192. The van der Waals surface area contributed by atoms with Gasteiger partial charge in [0.15, 0.2) is 0 Å². The van der Waals surface area contributed by atoms with E-state index in [0.29, 0.717) is 42.4 Å². The third-order valence-electron chi connectivity index (χ3n) is 7.11. The Morgan fingerprint density at radius 1 is 1.00 bits per heavy atom. The van der Waals surface area contributed by atoms with Crippen molar-refractivity contribution in [3.63, 3.8) is 0 Å². The summed E-state index contributed by atoms with van der Waals surface area (Å²) in [6.07, 6.45) is -11.6. The maximum absolute atomic E-state index is 13.9. The Hall–Kier alpha value is -4.35. The average molecular weight is 653 g/mol. The molecule has 45 heavy (non-hydrogen) atoms. The maximum Gasteiger partial charge on any atom is 0.490 e. The molecule has 0 amide bonds. The summed E-state index contributed by atoms with van der Waals surface area (Å²) in [5.74, 6) is -2.74. The Morgan fingerprint density at radius 3 is 2.22 bits per heavy atom. The molecule has 5 rings (SSSR count). The first kappa shape index (κ1) is 33.5. The van der Waals surface area contributed by atoms with Crippen LogP contribution >= 0.6 is 0 Å². The van der Waals surface area contributed by atoms with E-state index in [1.165, 1.54) is 24.4 Å². The second kappa shape index (κ2) is 12.9. The van der Waals surface area contributed by atoms with Crippen molar-refractivity contribution < 1.29 is 54.2 Å². The number of pyridine rings is 1. The molecule has 18 heteroatoms. The summed E-state index contributed by atoms with van der Waals surface area (Å²) in [6, 6.07) is 6.31. The quantitative estimate of drug-likeness (QED) is 0.297. The zero-order chi connectivity index (χ0) is 33.2. The average Bonchev–Trinajstić information content (AvgIpc) is 3.41. The largest absolute Gasteiger partial charge is 0.490 e. The van der Waals surface area contributed by atoms with Crippen LogP contribution in [0.2, 0.25) is 0 Å². The highest BCUT2D eigenvalue weighted by molar-refractivity contribution is 5.73. The van der Waals surface area contributed by atoms with Crippen molar-refractivity contribution >= 4 is 29.2 Å². The number of rotatable bonds is 4. The number of ether oxygens (including phenoxy) is 1. The van der Waals surface area contributed by atoms with Crippen LogP contribution in [0.3, 0.4) is 0 Å². The first-order chi connectivity index (χ1) is 20.9. The Balaban J connectivity index is 0.000000591. The minimum absolute atomic E-state index is 0.0538. The Bertz CT molecular complexity index is 1490. The van der Waals surface area contributed by atoms with Crippen LogP contribution in [0, 0.1) is 5.92 Å². The van der Waals surface area contributed by atoms with Gasteiger partial charge in [-0.3, -0.25) is 0 Å². The minimum atomic E-state index is -5.08. The molecule has 0 spiro atoms. The smallest absolute Gasteiger partial charge is 0.475 e. The number of carbonyl (C=O) groups is 1. The molecule has 2 aromatic heterocycles. The van der Waals surface area contributed by atoms with E-state index in [-0.39, 0.29) is 37.1 Å². The Labute approximate surface area is 249 Å². The molecule has 0 bridgehead atoms. The molecule has 3 aromatic rings. The molecule has 1 aromatic carbocycles. The third-order valence-corrected chi connectivity index (χ3v) is 7.11. The maximum atomic E-state index is 13.9. The van der Waals surface area contributed by atoms with Crippen LogP contribution in [0.1, 0.15) is 28.8 Å². The number of alkyl halides is 9. The van der Waals surface area contributed by atoms with Crippen LogP contribution in [-0.2, 0) is 34.7 Å². The van der Waals surface area contributed by atoms with Gasteiger partial charge in [0.1, 0.15) is 11.6 Å². The molecule has 0 radical (unpaired) electrons. The van der Waals surface area contributed by atoms with Crippen molar-refractivity contribution in [2.75, 3.05) is 35.7 Å². The van der Waals surface area contributed by atoms with E-state index >= 15 is 0 Å². The van der Waals surface area contributed by atoms with Gasteiger partial charge in [0.05, 0.1) is 23.4 Å². The van der Waals surface area contributed by atoms with Crippen LogP contribution in [0.5, 0.6) is 0 Å². The second-order valence-electron chi connectivity index (χ2n) is 10.1. The van der Waals surface area contributed by atoms with Crippen LogP contribution in [0.25, 0.3) is 0 Å². The molecule has 2 aliphatic heterocycles. The predicted molar refractivity (Wildman–Crippen MR) is 142 cm³/mol. The van der Waals surface area contributed by atoms with Gasteiger partial charge >= 0.3 is 24.5 Å². The highest BCUT2D eigenvalue weighted by Crippen LogP contribution is 2.40. The molecule has 0 aliphatic carbocycles. The number of nitrogens with two attached hydrogens (primary N) is 1. The summed E-state index contributed by atoms with van der Waals surface area (Å²) in [5, 5.41) is 10.1. The van der Waals surface area contributed by atoms with Gasteiger partial charge in [-0.15, -0.1) is 0 Å². The van der Waals surface area contributed by atoms with Crippen molar-refractivity contribution in [1.29, 1.82) is 0 Å². The van der Waals surface area contributed by atoms with Gasteiger partial charge in [0.25, 0.3) is 0 Å². The topological polar surface area (TPSA) is 126 Å². The molecule has 2 unspecified atom stereocenters. The van der Waals surface area contributed by atoms with E-state index in [4.69, 9.17) is 20.4 Å². The van der Waals surface area contributed by atoms with Crippen molar-refractivity contribution in [1.82, 2.24) is 15.0 Å². The number of anilines is 4. The molecular weight excluding hydrogens is 627 g/mol. The second-order valence-corrected chi connectivity index (χ2v) is 10.1. The minimum Gasteiger partial charge on any atom is -0.475 e. The third kappa shape index (κ3) is 8.23. The van der Waals surface area contributed by atoms with E-state index in [2.05, 4.69) is 20.3 Å². The molecule has 1 fully saturated rings. The fraction of sp³-hybridized carbons (Fsp3) is 0.407. The number of nitrogen functional groups attached to an aromatic ring is 1. The zero-order valence-electron chi connectivity index (χ0n) is 23.0. The number of halogens is 9. The van der Waals surface area contributed by atoms with Crippen LogP contribution in [-0.4, -0.2) is 58.0 Å². The molecule has 2 aliphatic rings. The highest BCUT2D eigenvalue weighted by atomic mass is 19.4. The number of aromatic nitrogens is 3. The zero-order valence-corrected chi connectivity index (χ0v) is 23.0. The molecule has 4 heterocycles. The first-order valence-corrected chi connectivity index (χ1v) is 13.2. The molecule has 4 N–H and O–H groups in total. The van der Waals surface area contributed by atoms with E-state index < -0.39 is 41.7 Å². The number of hydrogen-bond acceptors (Lipinski definition) is 8. The SMILES string of the molecule is Nc1nc2c(c(Nc3ccc(C(F)(F)F)cc3)n1)CCN(c1ncccc1C(F)(F)F)C(C1CCOC1)C2.O=C(O)C(F)(F)F. The van der Waals surface area contributed by atoms with Crippen molar-refractivity contribution in [3.05, 3.63) is 65.0 Å². The van der Waals surface area contributed by atoms with Gasteiger partial charge in [-0.2, -0.15) is 44.5 Å². The number of fused-ring (bicyclic) bond motifs is 1. The Morgan fingerprint density at radius 2 is 1.67 bits per heavy atom. The normalized spacial score (nSPS) is 18.8. The molecule has 2 atom stereocenters. The Kier molecular flexibility index (Phi) is 9.65. The lowest BCUT2D eigenvalue weighted by atomic mass is 9.93. The summed E-state index contributed by atoms with van der Waals surface area (Å²) < 4.78 is 118. The van der Waals surface area contributed by atoms with E-state index in [9.17, 15) is 39.5 Å². The summed E-state index contributed by atoms with van der Waals surface area (Å²) in [7, 11) is 0. The van der Waals surface area contributed by atoms with Gasteiger partial charge < -0.3 is 25.8 Å². The lowest BCUT2D eigenvalue weighted by Gasteiger charge is -2.35. The van der Waals surface area contributed by atoms with Gasteiger partial charge in [-0.1, -0.05) is 0 Å². The van der Waals surface area contributed by atoms with E-state index in [0.717, 1.165) is 18.2 Å². The number of nitrogens with one attached hydrogen (secondary N) is 1. The molecule has 0 saturated carbocycles. The van der Waals surface area contributed by atoms with Gasteiger partial charge in [0, 0.05) is 49.0 Å². The summed E-state index contributed by atoms with van der Waals surface area (Å²) >= 11 is 0. The van der Waals surface area contributed by atoms with E-state index in [1.807, 2.05) is 0 Å². The summed E-state index contributed by atoms with van der Waals surface area (Å²) in [4.78, 5) is 23.4. The van der Waals surface area contributed by atoms with Gasteiger partial charge in [-0.25, -0.2) is 14.8 Å². The number of carboxylic acids is 1. The molecule has 1 saturated heterocycles. The number of nitrogens with zero attached hydrogens (tertiary/aromatic N) is 4. The number of aliphatic carboxylic acids is 1. The molecular formula is C27H25F9N6O3. The number of carboxylic acid groups (broad SMARTS) is 1.